The zero-order valence-electron chi connectivity index (χ0n) is 18.0. The molecule has 33 heavy (non-hydrogen) atoms. The van der Waals surface area contributed by atoms with E-state index in [1.807, 2.05) is 42.5 Å². The van der Waals surface area contributed by atoms with Crippen LogP contribution in [0.4, 0.5) is 11.5 Å². The van der Waals surface area contributed by atoms with E-state index >= 15 is 0 Å². The van der Waals surface area contributed by atoms with E-state index in [1.54, 1.807) is 24.3 Å². The summed E-state index contributed by atoms with van der Waals surface area (Å²) >= 11 is 0. The van der Waals surface area contributed by atoms with Crippen LogP contribution >= 0.6 is 0 Å². The summed E-state index contributed by atoms with van der Waals surface area (Å²) in [6.07, 6.45) is 1.59. The third-order valence-electron chi connectivity index (χ3n) is 4.73. The van der Waals surface area contributed by atoms with Gasteiger partial charge in [0.1, 0.15) is 17.9 Å². The summed E-state index contributed by atoms with van der Waals surface area (Å²) in [5.74, 6) is 0.855. The molecule has 4 aromatic rings. The molecule has 4 rings (SSSR count). The highest BCUT2D eigenvalue weighted by Crippen LogP contribution is 2.23. The second kappa shape index (κ2) is 10.2. The fourth-order valence-electron chi connectivity index (χ4n) is 3.21. The molecule has 2 amide bonds. The van der Waals surface area contributed by atoms with Gasteiger partial charge < -0.3 is 15.4 Å². The first-order chi connectivity index (χ1) is 16.0. The average Bonchev–Trinajstić information content (AvgIpc) is 2.81. The number of nitrogens with one attached hydrogen (secondary N) is 2. The van der Waals surface area contributed by atoms with Crippen LogP contribution in [0.15, 0.2) is 91.3 Å². The standard InChI is InChI=1S/C26H22N4O3/c1-18(31)29-24-16-26(28-17-27-24)33-23-13-11-22(12-14-23)30-25(32)15-19-7-9-21(10-8-19)20-5-3-2-4-6-20/h2-14,16-17H,15H2,1H3,(H,30,32)(H,27,28,29,31). The highest BCUT2D eigenvalue weighted by Gasteiger charge is 2.07. The first-order valence-electron chi connectivity index (χ1n) is 10.4. The quantitative estimate of drug-likeness (QED) is 0.420. The molecular formula is C26H22N4O3. The maximum atomic E-state index is 12.4. The van der Waals surface area contributed by atoms with Gasteiger partial charge in [-0.2, -0.15) is 0 Å². The lowest BCUT2D eigenvalue weighted by Gasteiger charge is -2.09. The minimum absolute atomic E-state index is 0.105. The molecule has 0 saturated carbocycles. The molecule has 7 nitrogen and oxygen atoms in total. The van der Waals surface area contributed by atoms with Gasteiger partial charge in [0.2, 0.25) is 17.7 Å². The molecule has 3 aromatic carbocycles. The monoisotopic (exact) mass is 438 g/mol. The van der Waals surface area contributed by atoms with Crippen molar-refractivity contribution in [2.24, 2.45) is 0 Å². The Labute approximate surface area is 191 Å². The van der Waals surface area contributed by atoms with Gasteiger partial charge in [0, 0.05) is 18.7 Å². The molecule has 7 heteroatoms. The molecule has 164 valence electrons. The molecule has 0 aliphatic heterocycles. The van der Waals surface area contributed by atoms with E-state index in [0.717, 1.165) is 16.7 Å². The molecule has 0 unspecified atom stereocenters. The van der Waals surface area contributed by atoms with Crippen molar-refractivity contribution in [3.05, 3.63) is 96.8 Å². The minimum Gasteiger partial charge on any atom is -0.439 e. The second-order valence-electron chi connectivity index (χ2n) is 7.34. The van der Waals surface area contributed by atoms with E-state index in [-0.39, 0.29) is 18.2 Å². The molecule has 0 aliphatic carbocycles. The summed E-state index contributed by atoms with van der Waals surface area (Å²) in [6, 6.07) is 26.6. The number of carbonyl (C=O) groups is 2. The van der Waals surface area contributed by atoms with Gasteiger partial charge in [0.25, 0.3) is 0 Å². The van der Waals surface area contributed by atoms with Gasteiger partial charge >= 0.3 is 0 Å². The molecule has 0 aliphatic rings. The van der Waals surface area contributed by atoms with Crippen molar-refractivity contribution in [1.29, 1.82) is 0 Å². The van der Waals surface area contributed by atoms with Crippen molar-refractivity contribution in [1.82, 2.24) is 9.97 Å². The number of benzene rings is 3. The minimum atomic E-state index is -0.230. The number of rotatable bonds is 7. The molecule has 2 N–H and O–H groups in total. The summed E-state index contributed by atoms with van der Waals surface area (Å²) in [7, 11) is 0. The molecule has 1 heterocycles. The van der Waals surface area contributed by atoms with E-state index < -0.39 is 0 Å². The van der Waals surface area contributed by atoms with Gasteiger partial charge in [-0.25, -0.2) is 9.97 Å². The van der Waals surface area contributed by atoms with Crippen LogP contribution in [0.5, 0.6) is 11.6 Å². The van der Waals surface area contributed by atoms with Gasteiger partial charge in [0.05, 0.1) is 6.42 Å². The third-order valence-corrected chi connectivity index (χ3v) is 4.73. The van der Waals surface area contributed by atoms with Crippen LogP contribution in [0.3, 0.4) is 0 Å². The van der Waals surface area contributed by atoms with Crippen LogP contribution in [-0.4, -0.2) is 21.8 Å². The maximum Gasteiger partial charge on any atom is 0.228 e. The number of amides is 2. The predicted octanol–water partition coefficient (Wildman–Crippen LogP) is 5.08. The van der Waals surface area contributed by atoms with Crippen LogP contribution in [0.25, 0.3) is 11.1 Å². The topological polar surface area (TPSA) is 93.2 Å². The van der Waals surface area contributed by atoms with Gasteiger partial charge in [0.15, 0.2) is 0 Å². The van der Waals surface area contributed by atoms with E-state index in [1.165, 1.54) is 19.3 Å². The summed E-state index contributed by atoms with van der Waals surface area (Å²) in [6.45, 7) is 1.40. The van der Waals surface area contributed by atoms with Crippen molar-refractivity contribution < 1.29 is 14.3 Å². The molecule has 0 radical (unpaired) electrons. The smallest absolute Gasteiger partial charge is 0.228 e. The van der Waals surface area contributed by atoms with Crippen molar-refractivity contribution in [3.8, 4) is 22.8 Å². The lowest BCUT2D eigenvalue weighted by Crippen LogP contribution is -2.14. The Kier molecular flexibility index (Phi) is 6.70. The molecular weight excluding hydrogens is 416 g/mol. The Morgan fingerprint density at radius 1 is 0.818 bits per heavy atom. The fraction of sp³-hybridized carbons (Fsp3) is 0.0769. The van der Waals surface area contributed by atoms with E-state index in [0.29, 0.717) is 23.1 Å². The summed E-state index contributed by atoms with van der Waals surface area (Å²) in [5.41, 5.74) is 3.85. The Bertz CT molecular complexity index is 1240. The Balaban J connectivity index is 1.32. The normalized spacial score (nSPS) is 10.3. The Morgan fingerprint density at radius 3 is 2.21 bits per heavy atom. The van der Waals surface area contributed by atoms with Crippen LogP contribution in [0.1, 0.15) is 12.5 Å². The van der Waals surface area contributed by atoms with E-state index in [9.17, 15) is 9.59 Å². The van der Waals surface area contributed by atoms with E-state index in [4.69, 9.17) is 4.74 Å². The van der Waals surface area contributed by atoms with E-state index in [2.05, 4.69) is 32.7 Å². The van der Waals surface area contributed by atoms with Gasteiger partial charge in [-0.15, -0.1) is 0 Å². The summed E-state index contributed by atoms with van der Waals surface area (Å²) < 4.78 is 5.69. The van der Waals surface area contributed by atoms with Crippen LogP contribution < -0.4 is 15.4 Å². The zero-order valence-corrected chi connectivity index (χ0v) is 18.0. The second-order valence-corrected chi connectivity index (χ2v) is 7.34. The first kappa shape index (κ1) is 21.7. The molecule has 0 bridgehead atoms. The van der Waals surface area contributed by atoms with Crippen LogP contribution in [0, 0.1) is 0 Å². The number of hydrogen-bond donors (Lipinski definition) is 2. The molecule has 0 spiro atoms. The Hall–Kier alpha value is -4.52. The number of ether oxygens (including phenoxy) is 1. The molecule has 0 fully saturated rings. The first-order valence-corrected chi connectivity index (χ1v) is 10.4. The number of aromatic nitrogens is 2. The number of hydrogen-bond acceptors (Lipinski definition) is 5. The number of anilines is 2. The van der Waals surface area contributed by atoms with Gasteiger partial charge in [-0.1, -0.05) is 54.6 Å². The van der Waals surface area contributed by atoms with Gasteiger partial charge in [-0.3, -0.25) is 9.59 Å². The molecule has 1 aromatic heterocycles. The highest BCUT2D eigenvalue weighted by molar-refractivity contribution is 5.92. The maximum absolute atomic E-state index is 12.4. The summed E-state index contributed by atoms with van der Waals surface area (Å²) in [5, 5.41) is 5.47. The molecule has 0 atom stereocenters. The van der Waals surface area contributed by atoms with Crippen molar-refractivity contribution in [2.45, 2.75) is 13.3 Å². The lowest BCUT2D eigenvalue weighted by molar-refractivity contribution is -0.116. The summed E-state index contributed by atoms with van der Waals surface area (Å²) in [4.78, 5) is 31.6. The largest absolute Gasteiger partial charge is 0.439 e. The van der Waals surface area contributed by atoms with Gasteiger partial charge in [-0.05, 0) is 41.0 Å². The molecule has 0 saturated heterocycles. The lowest BCUT2D eigenvalue weighted by atomic mass is 10.0. The van der Waals surface area contributed by atoms with Crippen molar-refractivity contribution in [3.63, 3.8) is 0 Å². The fourth-order valence-corrected chi connectivity index (χ4v) is 3.21. The SMILES string of the molecule is CC(=O)Nc1cc(Oc2ccc(NC(=O)Cc3ccc(-c4ccccc4)cc3)cc2)ncn1. The highest BCUT2D eigenvalue weighted by atomic mass is 16.5. The predicted molar refractivity (Wildman–Crippen MR) is 127 cm³/mol. The van der Waals surface area contributed by atoms with Crippen molar-refractivity contribution in [2.75, 3.05) is 10.6 Å². The number of nitrogens with zero attached hydrogens (tertiary/aromatic N) is 2. The van der Waals surface area contributed by atoms with Crippen LogP contribution in [-0.2, 0) is 16.0 Å². The Morgan fingerprint density at radius 2 is 1.52 bits per heavy atom. The zero-order chi connectivity index (χ0) is 23.0. The third kappa shape index (κ3) is 6.24. The van der Waals surface area contributed by atoms with Crippen molar-refractivity contribution >= 4 is 23.3 Å². The number of carbonyl (C=O) groups excluding carboxylic acids is 2. The van der Waals surface area contributed by atoms with Crippen LogP contribution in [0.2, 0.25) is 0 Å². The average molecular weight is 438 g/mol.